The predicted molar refractivity (Wildman–Crippen MR) is 84.0 cm³/mol. The highest BCUT2D eigenvalue weighted by Crippen LogP contribution is 2.25. The summed E-state index contributed by atoms with van der Waals surface area (Å²) in [7, 11) is 0. The summed E-state index contributed by atoms with van der Waals surface area (Å²) in [5, 5.41) is 5.86. The third-order valence-electron chi connectivity index (χ3n) is 3.61. The highest BCUT2D eigenvalue weighted by atomic mass is 15.3. The molecular formula is C18H20N2. The molecule has 0 bridgehead atoms. The Morgan fingerprint density at radius 2 is 1.75 bits per heavy atom. The van der Waals surface area contributed by atoms with Crippen molar-refractivity contribution in [3.63, 3.8) is 0 Å². The van der Waals surface area contributed by atoms with Crippen LogP contribution < -0.4 is 0 Å². The number of hydrogen-bond acceptors (Lipinski definition) is 1. The third-order valence-corrected chi connectivity index (χ3v) is 3.61. The molecule has 0 radical (unpaired) electrons. The van der Waals surface area contributed by atoms with Gasteiger partial charge in [-0.2, -0.15) is 5.10 Å². The van der Waals surface area contributed by atoms with E-state index in [-0.39, 0.29) is 5.41 Å². The van der Waals surface area contributed by atoms with Gasteiger partial charge in [0, 0.05) is 11.6 Å². The van der Waals surface area contributed by atoms with Crippen LogP contribution in [0.2, 0.25) is 0 Å². The summed E-state index contributed by atoms with van der Waals surface area (Å²) in [6.07, 6.45) is 2.14. The van der Waals surface area contributed by atoms with Gasteiger partial charge in [0.25, 0.3) is 0 Å². The number of aromatic nitrogens is 2. The molecule has 0 saturated heterocycles. The summed E-state index contributed by atoms with van der Waals surface area (Å²) in [6, 6.07) is 17.0. The van der Waals surface area contributed by atoms with E-state index >= 15 is 0 Å². The van der Waals surface area contributed by atoms with Crippen LogP contribution in [0.15, 0.2) is 54.7 Å². The third kappa shape index (κ3) is 2.60. The fourth-order valence-corrected chi connectivity index (χ4v) is 2.39. The normalized spacial score (nSPS) is 11.9. The van der Waals surface area contributed by atoms with Gasteiger partial charge < -0.3 is 0 Å². The van der Waals surface area contributed by atoms with Crippen LogP contribution in [-0.2, 0) is 12.0 Å². The average Bonchev–Trinajstić information content (AvgIpc) is 2.80. The maximum absolute atomic E-state index is 4.65. The van der Waals surface area contributed by atoms with Crippen molar-refractivity contribution in [1.82, 2.24) is 9.78 Å². The van der Waals surface area contributed by atoms with Gasteiger partial charge in [0.1, 0.15) is 0 Å². The van der Waals surface area contributed by atoms with Gasteiger partial charge in [0.15, 0.2) is 0 Å². The molecule has 0 amide bonds. The minimum absolute atomic E-state index is 0.176. The molecule has 2 nitrogen and oxygen atoms in total. The van der Waals surface area contributed by atoms with Gasteiger partial charge in [-0.15, -0.1) is 0 Å². The molecule has 1 heterocycles. The number of rotatable bonds is 2. The fourth-order valence-electron chi connectivity index (χ4n) is 2.39. The van der Waals surface area contributed by atoms with E-state index in [0.717, 1.165) is 12.1 Å². The average molecular weight is 264 g/mol. The molecule has 0 spiro atoms. The molecular weight excluding hydrogens is 244 g/mol. The Hall–Kier alpha value is -2.09. The van der Waals surface area contributed by atoms with Crippen LogP contribution in [0.3, 0.4) is 0 Å². The summed E-state index contributed by atoms with van der Waals surface area (Å²) < 4.78 is 2.02. The molecule has 0 aliphatic carbocycles. The fraction of sp³-hybridized carbons (Fsp3) is 0.278. The molecule has 3 aromatic rings. The first kappa shape index (κ1) is 12.9. The van der Waals surface area contributed by atoms with Crippen LogP contribution in [-0.4, -0.2) is 9.78 Å². The highest BCUT2D eigenvalue weighted by Gasteiger charge is 2.14. The van der Waals surface area contributed by atoms with Crippen molar-refractivity contribution in [3.8, 4) is 0 Å². The Kier molecular flexibility index (Phi) is 3.09. The van der Waals surface area contributed by atoms with Crippen LogP contribution in [0.25, 0.3) is 10.9 Å². The standard InChI is InChI=1S/C18H20N2/c1-18(2,3)16-9-10-17-15(11-16)13-20(19-17)12-14-7-5-4-6-8-14/h4-11,13H,12H2,1-3H3. The Balaban J connectivity index is 1.95. The number of benzene rings is 2. The van der Waals surface area contributed by atoms with E-state index in [1.165, 1.54) is 16.5 Å². The van der Waals surface area contributed by atoms with Crippen molar-refractivity contribution in [2.24, 2.45) is 0 Å². The quantitative estimate of drug-likeness (QED) is 0.671. The van der Waals surface area contributed by atoms with Crippen molar-refractivity contribution in [3.05, 3.63) is 65.9 Å². The second kappa shape index (κ2) is 4.78. The van der Waals surface area contributed by atoms with Gasteiger partial charge >= 0.3 is 0 Å². The highest BCUT2D eigenvalue weighted by molar-refractivity contribution is 5.79. The first-order valence-electron chi connectivity index (χ1n) is 7.04. The van der Waals surface area contributed by atoms with E-state index in [1.807, 2.05) is 10.7 Å². The lowest BCUT2D eigenvalue weighted by molar-refractivity contribution is 0.591. The smallest absolute Gasteiger partial charge is 0.0923 e. The Labute approximate surface area is 120 Å². The van der Waals surface area contributed by atoms with Crippen LogP contribution in [0.4, 0.5) is 0 Å². The van der Waals surface area contributed by atoms with Crippen molar-refractivity contribution in [2.45, 2.75) is 32.7 Å². The summed E-state index contributed by atoms with van der Waals surface area (Å²) >= 11 is 0. The zero-order valence-electron chi connectivity index (χ0n) is 12.3. The van der Waals surface area contributed by atoms with Crippen molar-refractivity contribution >= 4 is 10.9 Å². The summed E-state index contributed by atoms with van der Waals surface area (Å²) in [6.45, 7) is 7.54. The van der Waals surface area contributed by atoms with E-state index in [4.69, 9.17) is 0 Å². The lowest BCUT2D eigenvalue weighted by Gasteiger charge is -2.18. The van der Waals surface area contributed by atoms with Crippen LogP contribution >= 0.6 is 0 Å². The van der Waals surface area contributed by atoms with Gasteiger partial charge in [-0.3, -0.25) is 4.68 Å². The zero-order valence-corrected chi connectivity index (χ0v) is 12.3. The summed E-state index contributed by atoms with van der Waals surface area (Å²) in [5.74, 6) is 0. The molecule has 0 saturated carbocycles. The molecule has 2 aromatic carbocycles. The molecule has 0 aliphatic heterocycles. The number of nitrogens with zero attached hydrogens (tertiary/aromatic N) is 2. The molecule has 0 unspecified atom stereocenters. The molecule has 102 valence electrons. The van der Waals surface area contributed by atoms with Gasteiger partial charge in [-0.25, -0.2) is 0 Å². The van der Waals surface area contributed by atoms with E-state index in [0.29, 0.717) is 0 Å². The number of hydrogen-bond donors (Lipinski definition) is 0. The van der Waals surface area contributed by atoms with Crippen LogP contribution in [0, 0.1) is 0 Å². The molecule has 0 atom stereocenters. The monoisotopic (exact) mass is 264 g/mol. The van der Waals surface area contributed by atoms with Crippen molar-refractivity contribution < 1.29 is 0 Å². The molecule has 0 fully saturated rings. The number of fused-ring (bicyclic) bond motifs is 1. The van der Waals surface area contributed by atoms with E-state index in [2.05, 4.69) is 74.5 Å². The molecule has 3 rings (SSSR count). The van der Waals surface area contributed by atoms with E-state index < -0.39 is 0 Å². The first-order chi connectivity index (χ1) is 9.52. The van der Waals surface area contributed by atoms with Crippen LogP contribution in [0.5, 0.6) is 0 Å². The zero-order chi connectivity index (χ0) is 14.2. The van der Waals surface area contributed by atoms with Gasteiger partial charge in [0.05, 0.1) is 12.1 Å². The molecule has 20 heavy (non-hydrogen) atoms. The maximum atomic E-state index is 4.65. The maximum Gasteiger partial charge on any atom is 0.0923 e. The molecule has 0 N–H and O–H groups in total. The van der Waals surface area contributed by atoms with Gasteiger partial charge in [-0.05, 0) is 28.7 Å². The SMILES string of the molecule is CC(C)(C)c1ccc2nn(Cc3ccccc3)cc2c1. The minimum atomic E-state index is 0.176. The van der Waals surface area contributed by atoms with E-state index in [1.54, 1.807) is 0 Å². The topological polar surface area (TPSA) is 17.8 Å². The lowest BCUT2D eigenvalue weighted by Crippen LogP contribution is -2.10. The van der Waals surface area contributed by atoms with E-state index in [9.17, 15) is 0 Å². The molecule has 0 aliphatic rings. The summed E-state index contributed by atoms with van der Waals surface area (Å²) in [4.78, 5) is 0. The Bertz CT molecular complexity index is 718. The van der Waals surface area contributed by atoms with Crippen molar-refractivity contribution in [2.75, 3.05) is 0 Å². The van der Waals surface area contributed by atoms with Gasteiger partial charge in [0.2, 0.25) is 0 Å². The largest absolute Gasteiger partial charge is 0.267 e. The second-order valence-corrected chi connectivity index (χ2v) is 6.34. The lowest BCUT2D eigenvalue weighted by atomic mass is 9.86. The van der Waals surface area contributed by atoms with Crippen LogP contribution in [0.1, 0.15) is 31.9 Å². The van der Waals surface area contributed by atoms with Crippen molar-refractivity contribution in [1.29, 1.82) is 0 Å². The second-order valence-electron chi connectivity index (χ2n) is 6.34. The molecule has 1 aromatic heterocycles. The predicted octanol–water partition coefficient (Wildman–Crippen LogP) is 4.38. The Morgan fingerprint density at radius 1 is 1.00 bits per heavy atom. The van der Waals surface area contributed by atoms with Gasteiger partial charge in [-0.1, -0.05) is 57.2 Å². The first-order valence-corrected chi connectivity index (χ1v) is 7.04. The Morgan fingerprint density at radius 3 is 2.45 bits per heavy atom. The minimum Gasteiger partial charge on any atom is -0.267 e. The summed E-state index contributed by atoms with van der Waals surface area (Å²) in [5.41, 5.74) is 3.87. The molecule has 2 heteroatoms.